The lowest BCUT2D eigenvalue weighted by Gasteiger charge is -2.06. The maximum Gasteiger partial charge on any atom is 0.343 e. The van der Waals surface area contributed by atoms with Crippen LogP contribution in [0.25, 0.3) is 0 Å². The van der Waals surface area contributed by atoms with Gasteiger partial charge in [0.1, 0.15) is 0 Å². The van der Waals surface area contributed by atoms with E-state index in [1.807, 2.05) is 0 Å². The van der Waals surface area contributed by atoms with E-state index in [1.165, 1.54) is 32.1 Å². The largest absolute Gasteiger partial charge is 0.343 e. The minimum atomic E-state index is -0.127. The Balaban J connectivity index is 1.78. The lowest BCUT2D eigenvalue weighted by atomic mass is 10.1. The van der Waals surface area contributed by atoms with Crippen molar-refractivity contribution in [3.05, 3.63) is 10.5 Å². The van der Waals surface area contributed by atoms with E-state index in [0.717, 1.165) is 16.8 Å². The van der Waals surface area contributed by atoms with Crippen LogP contribution in [-0.2, 0) is 7.05 Å². The molecule has 0 spiro atoms. The molecule has 1 heterocycles. The molecular weight excluding hydrogens is 210 g/mol. The van der Waals surface area contributed by atoms with Crippen LogP contribution in [0.15, 0.2) is 9.95 Å². The van der Waals surface area contributed by atoms with Gasteiger partial charge in [-0.25, -0.2) is 9.89 Å². The Morgan fingerprint density at radius 3 is 2.87 bits per heavy atom. The van der Waals surface area contributed by atoms with Gasteiger partial charge < -0.3 is 0 Å². The number of aromatic nitrogens is 3. The second-order valence-corrected chi connectivity index (χ2v) is 5.22. The third-order valence-electron chi connectivity index (χ3n) is 3.07. The minimum absolute atomic E-state index is 0.127. The molecule has 0 saturated heterocycles. The van der Waals surface area contributed by atoms with Crippen LogP contribution < -0.4 is 5.69 Å². The summed E-state index contributed by atoms with van der Waals surface area (Å²) in [7, 11) is 1.75. The highest BCUT2D eigenvalue weighted by Gasteiger charge is 2.15. The van der Waals surface area contributed by atoms with E-state index in [4.69, 9.17) is 0 Å². The molecule has 1 fully saturated rings. The lowest BCUT2D eigenvalue weighted by Crippen LogP contribution is -2.13. The summed E-state index contributed by atoms with van der Waals surface area (Å²) in [5, 5.41) is 7.22. The van der Waals surface area contributed by atoms with E-state index >= 15 is 0 Å². The zero-order chi connectivity index (χ0) is 10.7. The molecule has 1 aromatic rings. The molecular formula is C10H17N3OS. The summed E-state index contributed by atoms with van der Waals surface area (Å²) in [5.41, 5.74) is -0.127. The number of rotatable bonds is 4. The van der Waals surface area contributed by atoms with Gasteiger partial charge in [-0.2, -0.15) is 0 Å². The molecule has 1 aliphatic carbocycles. The van der Waals surface area contributed by atoms with Crippen LogP contribution in [0.4, 0.5) is 0 Å². The van der Waals surface area contributed by atoms with Gasteiger partial charge in [0.2, 0.25) is 0 Å². The van der Waals surface area contributed by atoms with Gasteiger partial charge in [-0.1, -0.05) is 37.4 Å². The number of nitrogens with one attached hydrogen (secondary N) is 1. The first-order valence-corrected chi connectivity index (χ1v) is 6.50. The molecule has 1 aliphatic rings. The van der Waals surface area contributed by atoms with Crippen molar-refractivity contribution in [1.29, 1.82) is 0 Å². The number of H-pyrrole nitrogens is 1. The number of hydrogen-bond donors (Lipinski definition) is 1. The predicted molar refractivity (Wildman–Crippen MR) is 61.1 cm³/mol. The second kappa shape index (κ2) is 4.88. The fourth-order valence-electron chi connectivity index (χ4n) is 2.08. The molecule has 0 bridgehead atoms. The highest BCUT2D eigenvalue weighted by Crippen LogP contribution is 2.29. The van der Waals surface area contributed by atoms with Crippen molar-refractivity contribution in [2.45, 2.75) is 37.3 Å². The van der Waals surface area contributed by atoms with Crippen LogP contribution in [0.1, 0.15) is 32.1 Å². The van der Waals surface area contributed by atoms with E-state index in [0.29, 0.717) is 0 Å². The first kappa shape index (κ1) is 10.8. The van der Waals surface area contributed by atoms with Crippen molar-refractivity contribution in [3.8, 4) is 0 Å². The monoisotopic (exact) mass is 227 g/mol. The van der Waals surface area contributed by atoms with Gasteiger partial charge in [0.25, 0.3) is 0 Å². The summed E-state index contributed by atoms with van der Waals surface area (Å²) in [5.74, 6) is 1.98. The Hall–Kier alpha value is -0.710. The van der Waals surface area contributed by atoms with Gasteiger partial charge in [-0.05, 0) is 12.3 Å². The van der Waals surface area contributed by atoms with Crippen LogP contribution in [0.3, 0.4) is 0 Å². The summed E-state index contributed by atoms with van der Waals surface area (Å²) in [4.78, 5) is 11.1. The van der Waals surface area contributed by atoms with Crippen molar-refractivity contribution >= 4 is 11.8 Å². The maximum atomic E-state index is 11.1. The van der Waals surface area contributed by atoms with Gasteiger partial charge in [0.05, 0.1) is 0 Å². The van der Waals surface area contributed by atoms with E-state index in [9.17, 15) is 4.79 Å². The number of thioether (sulfide) groups is 1. The fraction of sp³-hybridized carbons (Fsp3) is 0.800. The molecule has 1 N–H and O–H groups in total. The Morgan fingerprint density at radius 2 is 2.27 bits per heavy atom. The molecule has 15 heavy (non-hydrogen) atoms. The molecule has 2 rings (SSSR count). The lowest BCUT2D eigenvalue weighted by molar-refractivity contribution is 0.534. The molecule has 4 nitrogen and oxygen atoms in total. The van der Waals surface area contributed by atoms with Crippen LogP contribution in [-0.4, -0.2) is 20.5 Å². The summed E-state index contributed by atoms with van der Waals surface area (Å²) < 4.78 is 1.57. The van der Waals surface area contributed by atoms with Gasteiger partial charge in [-0.15, -0.1) is 5.10 Å². The second-order valence-electron chi connectivity index (χ2n) is 4.16. The standard InChI is InChI=1S/C10H17N3OS/c1-13-9(14)11-12-10(13)15-7-6-8-4-2-3-5-8/h8H,2-7H2,1H3,(H,11,14). The van der Waals surface area contributed by atoms with E-state index in [-0.39, 0.29) is 5.69 Å². The zero-order valence-corrected chi connectivity index (χ0v) is 9.85. The molecule has 0 amide bonds. The Morgan fingerprint density at radius 1 is 1.53 bits per heavy atom. The van der Waals surface area contributed by atoms with E-state index in [1.54, 1.807) is 23.4 Å². The first-order chi connectivity index (χ1) is 7.27. The molecule has 0 radical (unpaired) electrons. The van der Waals surface area contributed by atoms with E-state index < -0.39 is 0 Å². The van der Waals surface area contributed by atoms with Gasteiger partial charge in [0.15, 0.2) is 5.16 Å². The van der Waals surface area contributed by atoms with Crippen molar-refractivity contribution in [2.75, 3.05) is 5.75 Å². The van der Waals surface area contributed by atoms with E-state index in [2.05, 4.69) is 10.2 Å². The Kier molecular flexibility index (Phi) is 3.51. The Bertz CT molecular complexity index is 365. The molecule has 84 valence electrons. The summed E-state index contributed by atoms with van der Waals surface area (Å²) in [6.45, 7) is 0. The highest BCUT2D eigenvalue weighted by molar-refractivity contribution is 7.99. The molecule has 1 aromatic heterocycles. The smallest absolute Gasteiger partial charge is 0.273 e. The number of nitrogens with zero attached hydrogens (tertiary/aromatic N) is 2. The molecule has 5 heteroatoms. The van der Waals surface area contributed by atoms with Crippen molar-refractivity contribution in [1.82, 2.24) is 14.8 Å². The average molecular weight is 227 g/mol. The first-order valence-electron chi connectivity index (χ1n) is 5.51. The molecule has 1 saturated carbocycles. The third kappa shape index (κ3) is 2.65. The average Bonchev–Trinajstić information content (AvgIpc) is 2.83. The molecule has 0 unspecified atom stereocenters. The van der Waals surface area contributed by atoms with Crippen LogP contribution in [0.5, 0.6) is 0 Å². The summed E-state index contributed by atoms with van der Waals surface area (Å²) in [6.07, 6.45) is 6.83. The van der Waals surface area contributed by atoms with Crippen LogP contribution >= 0.6 is 11.8 Å². The van der Waals surface area contributed by atoms with Crippen molar-refractivity contribution in [2.24, 2.45) is 13.0 Å². The Labute approximate surface area is 93.5 Å². The molecule has 0 atom stereocenters. The zero-order valence-electron chi connectivity index (χ0n) is 9.03. The maximum absolute atomic E-state index is 11.1. The van der Waals surface area contributed by atoms with Crippen molar-refractivity contribution in [3.63, 3.8) is 0 Å². The minimum Gasteiger partial charge on any atom is -0.273 e. The summed E-state index contributed by atoms with van der Waals surface area (Å²) >= 11 is 1.68. The van der Waals surface area contributed by atoms with Crippen LogP contribution in [0.2, 0.25) is 0 Å². The summed E-state index contributed by atoms with van der Waals surface area (Å²) in [6, 6.07) is 0. The quantitative estimate of drug-likeness (QED) is 0.798. The normalized spacial score (nSPS) is 17.4. The van der Waals surface area contributed by atoms with Gasteiger partial charge in [0, 0.05) is 12.8 Å². The number of aromatic amines is 1. The molecule has 0 aromatic carbocycles. The van der Waals surface area contributed by atoms with Gasteiger partial charge in [-0.3, -0.25) is 4.57 Å². The predicted octanol–water partition coefficient (Wildman–Crippen LogP) is 1.78. The third-order valence-corrected chi connectivity index (χ3v) is 4.13. The van der Waals surface area contributed by atoms with Crippen LogP contribution in [0, 0.1) is 5.92 Å². The fourth-order valence-corrected chi connectivity index (χ4v) is 3.10. The SMILES string of the molecule is Cn1c(SCCC2CCCC2)n[nH]c1=O. The highest BCUT2D eigenvalue weighted by atomic mass is 32.2. The topological polar surface area (TPSA) is 50.7 Å². The number of hydrogen-bond acceptors (Lipinski definition) is 3. The molecule has 0 aliphatic heterocycles. The van der Waals surface area contributed by atoms with Crippen molar-refractivity contribution < 1.29 is 0 Å². The van der Waals surface area contributed by atoms with Gasteiger partial charge >= 0.3 is 5.69 Å².